The van der Waals surface area contributed by atoms with Crippen molar-refractivity contribution in [3.05, 3.63) is 34.3 Å². The van der Waals surface area contributed by atoms with Crippen LogP contribution in [0, 0.1) is 0 Å². The Hall–Kier alpha value is -0.870. The van der Waals surface area contributed by atoms with E-state index in [4.69, 9.17) is 0 Å². The molecule has 4 heteroatoms. The highest BCUT2D eigenvalue weighted by atomic mass is 79.9. The van der Waals surface area contributed by atoms with Gasteiger partial charge in [0.05, 0.1) is 6.04 Å². The summed E-state index contributed by atoms with van der Waals surface area (Å²) in [5.41, 5.74) is 1.17. The Bertz CT molecular complexity index is 377. The largest absolute Gasteiger partial charge is 0.337 e. The van der Waals surface area contributed by atoms with Crippen molar-refractivity contribution >= 4 is 21.8 Å². The second-order valence-corrected chi connectivity index (χ2v) is 4.94. The molecule has 16 heavy (non-hydrogen) atoms. The van der Waals surface area contributed by atoms with Gasteiger partial charge in [-0.25, -0.2) is 0 Å². The summed E-state index contributed by atoms with van der Waals surface area (Å²) in [4.78, 5) is 13.6. The van der Waals surface area contributed by atoms with Crippen LogP contribution in [0.5, 0.6) is 0 Å². The maximum Gasteiger partial charge on any atom is 0.224 e. The molecule has 1 N–H and O–H groups in total. The molecule has 3 nitrogen and oxygen atoms in total. The third-order valence-corrected chi connectivity index (χ3v) is 3.50. The van der Waals surface area contributed by atoms with Crippen molar-refractivity contribution in [3.63, 3.8) is 0 Å². The fourth-order valence-corrected chi connectivity index (χ4v) is 2.21. The Morgan fingerprint density at radius 2 is 2.06 bits per heavy atom. The van der Waals surface area contributed by atoms with E-state index < -0.39 is 0 Å². The predicted octanol–water partition coefficient (Wildman–Crippen LogP) is 1.94. The number of carbonyl (C=O) groups excluding carboxylic acids is 1. The molecule has 1 amide bonds. The molecule has 86 valence electrons. The van der Waals surface area contributed by atoms with E-state index >= 15 is 0 Å². The first kappa shape index (κ1) is 11.6. The summed E-state index contributed by atoms with van der Waals surface area (Å²) in [5, 5.41) is 3.30. The number of nitrogens with zero attached hydrogens (tertiary/aromatic N) is 1. The first-order valence-corrected chi connectivity index (χ1v) is 6.19. The molecule has 1 aliphatic rings. The highest BCUT2D eigenvalue weighted by Crippen LogP contribution is 2.22. The lowest BCUT2D eigenvalue weighted by Gasteiger charge is -2.26. The highest BCUT2D eigenvalue weighted by Gasteiger charge is 2.23. The van der Waals surface area contributed by atoms with Gasteiger partial charge in [0.1, 0.15) is 0 Å². The van der Waals surface area contributed by atoms with Crippen molar-refractivity contribution in [2.75, 3.05) is 20.1 Å². The number of hydrogen-bond acceptors (Lipinski definition) is 2. The second-order valence-electron chi connectivity index (χ2n) is 4.03. The molecule has 1 aromatic carbocycles. The summed E-state index contributed by atoms with van der Waals surface area (Å²) < 4.78 is 1.06. The number of likely N-dealkylation sites (N-methyl/N-ethyl adjacent to an activating group) is 1. The van der Waals surface area contributed by atoms with Gasteiger partial charge in [-0.15, -0.1) is 0 Å². The fourth-order valence-electron chi connectivity index (χ4n) is 1.95. The summed E-state index contributed by atoms with van der Waals surface area (Å²) in [5.74, 6) is 0.206. The lowest BCUT2D eigenvalue weighted by atomic mass is 10.1. The Balaban J connectivity index is 2.23. The zero-order valence-corrected chi connectivity index (χ0v) is 10.8. The van der Waals surface area contributed by atoms with Crippen LogP contribution >= 0.6 is 15.9 Å². The molecule has 0 spiro atoms. The van der Waals surface area contributed by atoms with Crippen LogP contribution in [0.3, 0.4) is 0 Å². The lowest BCUT2D eigenvalue weighted by Crippen LogP contribution is -2.32. The molecule has 1 aromatic rings. The topological polar surface area (TPSA) is 32.3 Å². The summed E-state index contributed by atoms with van der Waals surface area (Å²) in [6.45, 7) is 1.60. The molecule has 1 unspecified atom stereocenters. The average Bonchev–Trinajstić information content (AvgIpc) is 2.44. The molecule has 0 aliphatic carbocycles. The smallest absolute Gasteiger partial charge is 0.224 e. The minimum atomic E-state index is 0.142. The third-order valence-electron chi connectivity index (χ3n) is 2.97. The zero-order valence-electron chi connectivity index (χ0n) is 9.24. The maximum absolute atomic E-state index is 11.7. The van der Waals surface area contributed by atoms with Crippen molar-refractivity contribution in [3.8, 4) is 0 Å². The summed E-state index contributed by atoms with van der Waals surface area (Å²) in [6, 6.07) is 8.29. The summed E-state index contributed by atoms with van der Waals surface area (Å²) in [6.07, 6.45) is 0.587. The molecule has 0 radical (unpaired) electrons. The van der Waals surface area contributed by atoms with Crippen LogP contribution in [0.2, 0.25) is 0 Å². The van der Waals surface area contributed by atoms with Crippen LogP contribution in [0.25, 0.3) is 0 Å². The van der Waals surface area contributed by atoms with Crippen LogP contribution in [0.4, 0.5) is 0 Å². The van der Waals surface area contributed by atoms with E-state index in [0.717, 1.165) is 17.6 Å². The lowest BCUT2D eigenvalue weighted by molar-refractivity contribution is -0.131. The fraction of sp³-hybridized carbons (Fsp3) is 0.417. The Kier molecular flexibility index (Phi) is 3.61. The monoisotopic (exact) mass is 282 g/mol. The van der Waals surface area contributed by atoms with E-state index in [1.807, 2.05) is 24.1 Å². The SMILES string of the molecule is CN1C(=O)CCNCC1c1ccc(Br)cc1. The Morgan fingerprint density at radius 1 is 1.38 bits per heavy atom. The van der Waals surface area contributed by atoms with Gasteiger partial charge < -0.3 is 10.2 Å². The van der Waals surface area contributed by atoms with Gasteiger partial charge in [0.15, 0.2) is 0 Å². The van der Waals surface area contributed by atoms with Crippen molar-refractivity contribution < 1.29 is 4.79 Å². The van der Waals surface area contributed by atoms with Gasteiger partial charge in [0, 0.05) is 31.0 Å². The van der Waals surface area contributed by atoms with Crippen molar-refractivity contribution in [1.29, 1.82) is 0 Å². The molecule has 1 heterocycles. The van der Waals surface area contributed by atoms with E-state index in [-0.39, 0.29) is 11.9 Å². The first-order valence-electron chi connectivity index (χ1n) is 5.40. The van der Waals surface area contributed by atoms with Crippen LogP contribution in [0.15, 0.2) is 28.7 Å². The number of carbonyl (C=O) groups is 1. The minimum absolute atomic E-state index is 0.142. The number of halogens is 1. The zero-order chi connectivity index (χ0) is 11.5. The summed E-state index contributed by atoms with van der Waals surface area (Å²) >= 11 is 3.42. The van der Waals surface area contributed by atoms with Crippen molar-refractivity contribution in [2.45, 2.75) is 12.5 Å². The highest BCUT2D eigenvalue weighted by molar-refractivity contribution is 9.10. The molecule has 1 fully saturated rings. The normalized spacial score (nSPS) is 22.0. The van der Waals surface area contributed by atoms with E-state index in [2.05, 4.69) is 33.4 Å². The van der Waals surface area contributed by atoms with E-state index in [1.165, 1.54) is 5.56 Å². The standard InChI is InChI=1S/C12H15BrN2O/c1-15-11(8-14-7-6-12(15)16)9-2-4-10(13)5-3-9/h2-5,11,14H,6-8H2,1H3. The van der Waals surface area contributed by atoms with Gasteiger partial charge in [-0.1, -0.05) is 28.1 Å². The quantitative estimate of drug-likeness (QED) is 0.854. The van der Waals surface area contributed by atoms with Crippen LogP contribution in [0.1, 0.15) is 18.0 Å². The summed E-state index contributed by atoms with van der Waals surface area (Å²) in [7, 11) is 1.88. The van der Waals surface area contributed by atoms with Crippen LogP contribution < -0.4 is 5.32 Å². The van der Waals surface area contributed by atoms with Gasteiger partial charge in [-0.2, -0.15) is 0 Å². The average molecular weight is 283 g/mol. The molecule has 1 aliphatic heterocycles. The molecule has 0 bridgehead atoms. The van der Waals surface area contributed by atoms with Gasteiger partial charge in [-0.3, -0.25) is 4.79 Å². The number of nitrogens with one attached hydrogen (secondary N) is 1. The van der Waals surface area contributed by atoms with E-state index in [0.29, 0.717) is 6.42 Å². The van der Waals surface area contributed by atoms with Crippen LogP contribution in [-0.2, 0) is 4.79 Å². The molecule has 2 rings (SSSR count). The van der Waals surface area contributed by atoms with Crippen molar-refractivity contribution in [2.24, 2.45) is 0 Å². The molecule has 0 aromatic heterocycles. The molecular formula is C12H15BrN2O. The molecule has 0 saturated carbocycles. The minimum Gasteiger partial charge on any atom is -0.337 e. The van der Waals surface area contributed by atoms with Gasteiger partial charge in [-0.05, 0) is 17.7 Å². The number of amides is 1. The molecule has 1 atom stereocenters. The number of benzene rings is 1. The van der Waals surface area contributed by atoms with Gasteiger partial charge >= 0.3 is 0 Å². The Morgan fingerprint density at radius 3 is 2.75 bits per heavy atom. The van der Waals surface area contributed by atoms with E-state index in [9.17, 15) is 4.79 Å². The maximum atomic E-state index is 11.7. The van der Waals surface area contributed by atoms with Crippen LogP contribution in [-0.4, -0.2) is 30.9 Å². The number of hydrogen-bond donors (Lipinski definition) is 1. The first-order chi connectivity index (χ1) is 7.68. The van der Waals surface area contributed by atoms with Crippen molar-refractivity contribution in [1.82, 2.24) is 10.2 Å². The van der Waals surface area contributed by atoms with Gasteiger partial charge in [0.25, 0.3) is 0 Å². The molecule has 1 saturated heterocycles. The number of rotatable bonds is 1. The second kappa shape index (κ2) is 4.97. The molecular weight excluding hydrogens is 268 g/mol. The third kappa shape index (κ3) is 2.44. The Labute approximate surface area is 104 Å². The predicted molar refractivity (Wildman–Crippen MR) is 67.1 cm³/mol. The van der Waals surface area contributed by atoms with E-state index in [1.54, 1.807) is 0 Å². The van der Waals surface area contributed by atoms with Gasteiger partial charge in [0.2, 0.25) is 5.91 Å².